The lowest BCUT2D eigenvalue weighted by atomic mass is 10.1. The van der Waals surface area contributed by atoms with E-state index in [9.17, 15) is 4.79 Å². The number of ether oxygens (including phenoxy) is 1. The largest absolute Gasteiger partial charge is 0.497 e. The third kappa shape index (κ3) is 2.73. The van der Waals surface area contributed by atoms with Crippen LogP contribution in [0.25, 0.3) is 0 Å². The first-order chi connectivity index (χ1) is 8.74. The summed E-state index contributed by atoms with van der Waals surface area (Å²) in [6, 6.07) is 7.99. The highest BCUT2D eigenvalue weighted by molar-refractivity contribution is 5.80. The molecule has 1 aromatic carbocycles. The zero-order valence-corrected chi connectivity index (χ0v) is 11.0. The summed E-state index contributed by atoms with van der Waals surface area (Å²) >= 11 is 0. The summed E-state index contributed by atoms with van der Waals surface area (Å²) in [5.74, 6) is 1.11. The second-order valence-electron chi connectivity index (χ2n) is 4.45. The van der Waals surface area contributed by atoms with E-state index >= 15 is 0 Å². The summed E-state index contributed by atoms with van der Waals surface area (Å²) in [6.07, 6.45) is 4.48. The Morgan fingerprint density at radius 1 is 1.39 bits per heavy atom. The summed E-state index contributed by atoms with van der Waals surface area (Å²) in [4.78, 5) is 13.6. The van der Waals surface area contributed by atoms with Crippen molar-refractivity contribution in [1.82, 2.24) is 4.90 Å². The Kier molecular flexibility index (Phi) is 4.03. The molecule has 0 bridgehead atoms. The zero-order valence-electron chi connectivity index (χ0n) is 11.0. The monoisotopic (exact) mass is 245 g/mol. The predicted octanol–water partition coefficient (Wildman–Crippen LogP) is 2.76. The van der Waals surface area contributed by atoms with Gasteiger partial charge < -0.3 is 9.64 Å². The zero-order chi connectivity index (χ0) is 13.0. The summed E-state index contributed by atoms with van der Waals surface area (Å²) in [5, 5.41) is 0. The maximum absolute atomic E-state index is 11.7. The molecule has 1 aliphatic heterocycles. The van der Waals surface area contributed by atoms with Crippen LogP contribution in [0.15, 0.2) is 36.0 Å². The highest BCUT2D eigenvalue weighted by atomic mass is 16.5. The Hall–Kier alpha value is -1.77. The van der Waals surface area contributed by atoms with Gasteiger partial charge in [-0.05, 0) is 31.0 Å². The first kappa shape index (κ1) is 12.7. The maximum Gasteiger partial charge on any atom is 0.226 e. The van der Waals surface area contributed by atoms with Crippen LogP contribution in [0.3, 0.4) is 0 Å². The lowest BCUT2D eigenvalue weighted by Gasteiger charge is -2.19. The summed E-state index contributed by atoms with van der Waals surface area (Å²) in [6.45, 7) is 2.85. The standard InChI is InChI=1S/C15H19NO2/c1-3-13(16-10-4-5-15(16)17)11-12-6-8-14(18-2)9-7-12/h3,6-9H,4-5,10-11H2,1-2H3/b13-3-. The lowest BCUT2D eigenvalue weighted by Crippen LogP contribution is -2.25. The van der Waals surface area contributed by atoms with Crippen molar-refractivity contribution in [2.45, 2.75) is 26.2 Å². The predicted molar refractivity (Wildman–Crippen MR) is 71.4 cm³/mol. The molecular weight excluding hydrogens is 226 g/mol. The Labute approximate surface area is 108 Å². The molecule has 0 unspecified atom stereocenters. The summed E-state index contributed by atoms with van der Waals surface area (Å²) in [5.41, 5.74) is 2.30. The molecule has 0 atom stereocenters. The molecule has 0 N–H and O–H groups in total. The molecule has 0 aliphatic carbocycles. The third-order valence-electron chi connectivity index (χ3n) is 3.30. The average Bonchev–Trinajstić information content (AvgIpc) is 2.83. The van der Waals surface area contributed by atoms with Crippen molar-refractivity contribution < 1.29 is 9.53 Å². The summed E-state index contributed by atoms with van der Waals surface area (Å²) in [7, 11) is 1.66. The van der Waals surface area contributed by atoms with Crippen LogP contribution in [-0.2, 0) is 11.2 Å². The van der Waals surface area contributed by atoms with Gasteiger partial charge in [0.1, 0.15) is 5.75 Å². The van der Waals surface area contributed by atoms with Crippen molar-refractivity contribution in [1.29, 1.82) is 0 Å². The van der Waals surface area contributed by atoms with Gasteiger partial charge in [-0.1, -0.05) is 18.2 Å². The van der Waals surface area contributed by atoms with Gasteiger partial charge in [-0.2, -0.15) is 0 Å². The normalized spacial score (nSPS) is 16.2. The molecule has 1 aromatic rings. The van der Waals surface area contributed by atoms with E-state index in [-0.39, 0.29) is 5.91 Å². The van der Waals surface area contributed by atoms with Crippen molar-refractivity contribution in [3.63, 3.8) is 0 Å². The molecule has 1 aliphatic rings. The van der Waals surface area contributed by atoms with Gasteiger partial charge in [0.25, 0.3) is 0 Å². The smallest absolute Gasteiger partial charge is 0.226 e. The number of hydrogen-bond acceptors (Lipinski definition) is 2. The van der Waals surface area contributed by atoms with Gasteiger partial charge in [-0.25, -0.2) is 0 Å². The van der Waals surface area contributed by atoms with Crippen LogP contribution in [0, 0.1) is 0 Å². The molecule has 0 aromatic heterocycles. The molecule has 0 spiro atoms. The van der Waals surface area contributed by atoms with Crippen LogP contribution in [0.2, 0.25) is 0 Å². The molecule has 1 heterocycles. The van der Waals surface area contributed by atoms with E-state index in [1.165, 1.54) is 5.56 Å². The minimum Gasteiger partial charge on any atom is -0.497 e. The number of allylic oxidation sites excluding steroid dienone is 2. The highest BCUT2D eigenvalue weighted by Crippen LogP contribution is 2.21. The van der Waals surface area contributed by atoms with Crippen LogP contribution in [0.5, 0.6) is 5.75 Å². The molecule has 3 heteroatoms. The van der Waals surface area contributed by atoms with Crippen LogP contribution in [0.1, 0.15) is 25.3 Å². The van der Waals surface area contributed by atoms with Crippen LogP contribution in [-0.4, -0.2) is 24.5 Å². The van der Waals surface area contributed by atoms with Gasteiger partial charge in [-0.15, -0.1) is 0 Å². The number of benzene rings is 1. The number of carbonyl (C=O) groups is 1. The second kappa shape index (κ2) is 5.71. The second-order valence-corrected chi connectivity index (χ2v) is 4.45. The van der Waals surface area contributed by atoms with Crippen LogP contribution < -0.4 is 4.74 Å². The minimum absolute atomic E-state index is 0.247. The maximum atomic E-state index is 11.7. The number of rotatable bonds is 4. The fraction of sp³-hybridized carbons (Fsp3) is 0.400. The Bertz CT molecular complexity index is 448. The molecule has 1 fully saturated rings. The van der Waals surface area contributed by atoms with E-state index in [4.69, 9.17) is 4.74 Å². The van der Waals surface area contributed by atoms with Crippen molar-refractivity contribution >= 4 is 5.91 Å². The third-order valence-corrected chi connectivity index (χ3v) is 3.30. The van der Waals surface area contributed by atoms with E-state index in [0.717, 1.165) is 30.8 Å². The van der Waals surface area contributed by atoms with Crippen LogP contribution >= 0.6 is 0 Å². The molecular formula is C15H19NO2. The molecule has 1 amide bonds. The fourth-order valence-corrected chi connectivity index (χ4v) is 2.26. The van der Waals surface area contributed by atoms with E-state index < -0.39 is 0 Å². The lowest BCUT2D eigenvalue weighted by molar-refractivity contribution is -0.126. The van der Waals surface area contributed by atoms with Crippen LogP contribution in [0.4, 0.5) is 0 Å². The molecule has 1 saturated heterocycles. The first-order valence-corrected chi connectivity index (χ1v) is 6.33. The summed E-state index contributed by atoms with van der Waals surface area (Å²) < 4.78 is 5.14. The van der Waals surface area contributed by atoms with E-state index in [1.807, 2.05) is 42.2 Å². The number of nitrogens with zero attached hydrogens (tertiary/aromatic N) is 1. The fourth-order valence-electron chi connectivity index (χ4n) is 2.26. The molecule has 0 saturated carbocycles. The molecule has 18 heavy (non-hydrogen) atoms. The topological polar surface area (TPSA) is 29.5 Å². The van der Waals surface area contributed by atoms with Gasteiger partial charge >= 0.3 is 0 Å². The number of likely N-dealkylation sites (tertiary alicyclic amines) is 1. The van der Waals surface area contributed by atoms with E-state index in [2.05, 4.69) is 0 Å². The number of methoxy groups -OCH3 is 1. The van der Waals surface area contributed by atoms with Gasteiger partial charge in [0.15, 0.2) is 0 Å². The molecule has 0 radical (unpaired) electrons. The number of carbonyl (C=O) groups excluding carboxylic acids is 1. The van der Waals surface area contributed by atoms with E-state index in [1.54, 1.807) is 7.11 Å². The van der Waals surface area contributed by atoms with Crippen molar-refractivity contribution in [3.05, 3.63) is 41.6 Å². The molecule has 3 nitrogen and oxygen atoms in total. The Morgan fingerprint density at radius 2 is 2.11 bits per heavy atom. The Morgan fingerprint density at radius 3 is 2.61 bits per heavy atom. The quantitative estimate of drug-likeness (QED) is 0.816. The Balaban J connectivity index is 2.08. The van der Waals surface area contributed by atoms with Crippen molar-refractivity contribution in [2.24, 2.45) is 0 Å². The number of hydrogen-bond donors (Lipinski definition) is 0. The highest BCUT2D eigenvalue weighted by Gasteiger charge is 2.22. The number of amides is 1. The average molecular weight is 245 g/mol. The van der Waals surface area contributed by atoms with Gasteiger partial charge in [0.05, 0.1) is 7.11 Å². The van der Waals surface area contributed by atoms with Gasteiger partial charge in [0, 0.05) is 25.1 Å². The molecule has 2 rings (SSSR count). The van der Waals surface area contributed by atoms with Crippen molar-refractivity contribution in [3.8, 4) is 5.75 Å². The SMILES string of the molecule is C/C=C(/Cc1ccc(OC)cc1)N1CCCC1=O. The first-order valence-electron chi connectivity index (χ1n) is 6.33. The van der Waals surface area contributed by atoms with Crippen molar-refractivity contribution in [2.75, 3.05) is 13.7 Å². The van der Waals surface area contributed by atoms with E-state index in [0.29, 0.717) is 6.42 Å². The van der Waals surface area contributed by atoms with Gasteiger partial charge in [0.2, 0.25) is 5.91 Å². The van der Waals surface area contributed by atoms with Gasteiger partial charge in [-0.3, -0.25) is 4.79 Å². The minimum atomic E-state index is 0.247. The molecule has 96 valence electrons.